The number of rotatable bonds is 3. The van der Waals surface area contributed by atoms with Gasteiger partial charge in [-0.2, -0.15) is 0 Å². The van der Waals surface area contributed by atoms with Crippen LogP contribution in [0.1, 0.15) is 45.1 Å². The zero-order chi connectivity index (χ0) is 15.3. The summed E-state index contributed by atoms with van der Waals surface area (Å²) in [7, 11) is 0. The van der Waals surface area contributed by atoms with Gasteiger partial charge in [-0.05, 0) is 42.6 Å². The molecule has 1 aromatic carbocycles. The smallest absolute Gasteiger partial charge is 0.315 e. The molecule has 1 aromatic rings. The molecule has 22 heavy (non-hydrogen) atoms. The topological polar surface area (TPSA) is 26.3 Å². The number of allylic oxidation sites excluding steroid dienone is 1. The first-order chi connectivity index (χ1) is 10.7. The van der Waals surface area contributed by atoms with Crippen LogP contribution in [-0.4, -0.2) is 5.97 Å². The lowest BCUT2D eigenvalue weighted by Gasteiger charge is -2.39. The van der Waals surface area contributed by atoms with Gasteiger partial charge in [0.15, 0.2) is 0 Å². The largest absolute Gasteiger partial charge is 0.426 e. The molecule has 0 saturated heterocycles. The summed E-state index contributed by atoms with van der Waals surface area (Å²) in [6.45, 7) is 4.39. The number of carbonyl (C=O) groups excluding carboxylic acids is 1. The zero-order valence-electron chi connectivity index (χ0n) is 13.4. The molecule has 0 amide bonds. The molecule has 2 heteroatoms. The highest BCUT2D eigenvalue weighted by Gasteiger charge is 2.54. The number of esters is 1. The minimum absolute atomic E-state index is 0.00880. The Labute approximate surface area is 132 Å². The molecule has 116 valence electrons. The SMILES string of the molecule is CCC(C)C1C(=O)OC(c2ccccc2)=C2C3CCC(C3)C21. The first-order valence-corrected chi connectivity index (χ1v) is 8.71. The van der Waals surface area contributed by atoms with Gasteiger partial charge in [0.1, 0.15) is 5.76 Å². The average Bonchev–Trinajstić information content (AvgIpc) is 3.16. The second-order valence-electron chi connectivity index (χ2n) is 7.28. The Hall–Kier alpha value is -1.57. The van der Waals surface area contributed by atoms with E-state index in [-0.39, 0.29) is 11.9 Å². The molecule has 0 radical (unpaired) electrons. The van der Waals surface area contributed by atoms with Crippen LogP contribution in [0, 0.1) is 29.6 Å². The zero-order valence-corrected chi connectivity index (χ0v) is 13.4. The maximum atomic E-state index is 12.7. The Morgan fingerprint density at radius 1 is 1.23 bits per heavy atom. The van der Waals surface area contributed by atoms with Crippen LogP contribution in [0.2, 0.25) is 0 Å². The van der Waals surface area contributed by atoms with Crippen LogP contribution in [0.5, 0.6) is 0 Å². The summed E-state index contributed by atoms with van der Waals surface area (Å²) >= 11 is 0. The molecule has 2 nitrogen and oxygen atoms in total. The number of benzene rings is 1. The molecule has 0 spiro atoms. The molecule has 2 bridgehead atoms. The minimum Gasteiger partial charge on any atom is -0.426 e. The molecule has 1 heterocycles. The van der Waals surface area contributed by atoms with Crippen molar-refractivity contribution in [3.05, 3.63) is 41.5 Å². The molecule has 2 aliphatic carbocycles. The molecule has 0 aromatic heterocycles. The molecule has 2 saturated carbocycles. The third kappa shape index (κ3) is 1.96. The van der Waals surface area contributed by atoms with E-state index >= 15 is 0 Å². The summed E-state index contributed by atoms with van der Waals surface area (Å²) < 4.78 is 5.92. The lowest BCUT2D eigenvalue weighted by atomic mass is 9.69. The molecule has 4 rings (SSSR count). The van der Waals surface area contributed by atoms with Crippen LogP contribution in [0.4, 0.5) is 0 Å². The first kappa shape index (κ1) is 14.0. The summed E-state index contributed by atoms with van der Waals surface area (Å²) in [5.74, 6) is 3.16. The molecule has 5 atom stereocenters. The fraction of sp³-hybridized carbons (Fsp3) is 0.550. The van der Waals surface area contributed by atoms with Crippen molar-refractivity contribution in [2.45, 2.75) is 39.5 Å². The highest BCUT2D eigenvalue weighted by Crippen LogP contribution is 2.60. The fourth-order valence-electron chi connectivity index (χ4n) is 5.00. The minimum atomic E-state index is 0.00880. The van der Waals surface area contributed by atoms with E-state index in [1.54, 1.807) is 0 Å². The summed E-state index contributed by atoms with van der Waals surface area (Å²) in [4.78, 5) is 12.7. The Morgan fingerprint density at radius 2 is 2.00 bits per heavy atom. The first-order valence-electron chi connectivity index (χ1n) is 8.71. The maximum absolute atomic E-state index is 12.7. The molecular weight excluding hydrogens is 272 g/mol. The average molecular weight is 296 g/mol. The monoisotopic (exact) mass is 296 g/mol. The van der Waals surface area contributed by atoms with Gasteiger partial charge in [-0.25, -0.2) is 0 Å². The number of fused-ring (bicyclic) bond motifs is 5. The van der Waals surface area contributed by atoms with Gasteiger partial charge in [0.25, 0.3) is 0 Å². The van der Waals surface area contributed by atoms with Crippen molar-refractivity contribution in [2.24, 2.45) is 29.6 Å². The van der Waals surface area contributed by atoms with Gasteiger partial charge in [-0.1, -0.05) is 50.6 Å². The van der Waals surface area contributed by atoms with Gasteiger partial charge < -0.3 is 4.74 Å². The Kier molecular flexibility index (Phi) is 3.36. The molecular formula is C20H24O2. The Bertz CT molecular complexity index is 616. The fourth-order valence-corrected chi connectivity index (χ4v) is 5.00. The highest BCUT2D eigenvalue weighted by atomic mass is 16.5. The predicted molar refractivity (Wildman–Crippen MR) is 86.7 cm³/mol. The molecule has 2 fully saturated rings. The van der Waals surface area contributed by atoms with Gasteiger partial charge in [0, 0.05) is 11.5 Å². The summed E-state index contributed by atoms with van der Waals surface area (Å²) in [5, 5.41) is 0. The number of ether oxygens (including phenoxy) is 1. The lowest BCUT2D eigenvalue weighted by Crippen LogP contribution is -2.39. The highest BCUT2D eigenvalue weighted by molar-refractivity contribution is 5.85. The molecule has 5 unspecified atom stereocenters. The molecule has 1 aliphatic heterocycles. The van der Waals surface area contributed by atoms with Crippen LogP contribution < -0.4 is 0 Å². The van der Waals surface area contributed by atoms with E-state index in [1.165, 1.54) is 24.8 Å². The standard InChI is InChI=1S/C20H24O2/c1-3-12(2)16-17-14-9-10-15(11-14)18(17)19(22-20(16)21)13-7-5-4-6-8-13/h4-8,12,14-17H,3,9-11H2,1-2H3. The van der Waals surface area contributed by atoms with Crippen LogP contribution in [0.3, 0.4) is 0 Å². The van der Waals surface area contributed by atoms with Gasteiger partial charge in [0.05, 0.1) is 5.92 Å². The van der Waals surface area contributed by atoms with Gasteiger partial charge in [-0.3, -0.25) is 4.79 Å². The second kappa shape index (κ2) is 5.26. The third-order valence-electron chi connectivity index (χ3n) is 6.20. The van der Waals surface area contributed by atoms with E-state index in [2.05, 4.69) is 26.0 Å². The number of carbonyl (C=O) groups is 1. The number of hydrogen-bond acceptors (Lipinski definition) is 2. The lowest BCUT2D eigenvalue weighted by molar-refractivity contribution is -0.147. The normalized spacial score (nSPS) is 34.5. The summed E-state index contributed by atoms with van der Waals surface area (Å²) in [5.41, 5.74) is 2.54. The van der Waals surface area contributed by atoms with Crippen molar-refractivity contribution in [3.8, 4) is 0 Å². The summed E-state index contributed by atoms with van der Waals surface area (Å²) in [6.07, 6.45) is 4.88. The van der Waals surface area contributed by atoms with Crippen LogP contribution >= 0.6 is 0 Å². The Balaban J connectivity index is 1.83. The van der Waals surface area contributed by atoms with Crippen molar-refractivity contribution in [2.75, 3.05) is 0 Å². The van der Waals surface area contributed by atoms with E-state index in [9.17, 15) is 4.79 Å². The van der Waals surface area contributed by atoms with Crippen molar-refractivity contribution >= 4 is 11.7 Å². The molecule has 0 N–H and O–H groups in total. The van der Waals surface area contributed by atoms with E-state index in [0.29, 0.717) is 23.7 Å². The van der Waals surface area contributed by atoms with E-state index in [4.69, 9.17) is 4.74 Å². The summed E-state index contributed by atoms with van der Waals surface area (Å²) in [6, 6.07) is 10.2. The number of cyclic esters (lactones) is 1. The van der Waals surface area contributed by atoms with Crippen molar-refractivity contribution in [3.63, 3.8) is 0 Å². The van der Waals surface area contributed by atoms with Crippen molar-refractivity contribution in [1.29, 1.82) is 0 Å². The number of hydrogen-bond donors (Lipinski definition) is 0. The van der Waals surface area contributed by atoms with Crippen LogP contribution in [-0.2, 0) is 9.53 Å². The third-order valence-corrected chi connectivity index (χ3v) is 6.20. The van der Waals surface area contributed by atoms with Gasteiger partial charge in [-0.15, -0.1) is 0 Å². The van der Waals surface area contributed by atoms with E-state index < -0.39 is 0 Å². The van der Waals surface area contributed by atoms with Gasteiger partial charge >= 0.3 is 5.97 Å². The van der Waals surface area contributed by atoms with E-state index in [0.717, 1.165) is 17.7 Å². The Morgan fingerprint density at radius 3 is 2.73 bits per heavy atom. The maximum Gasteiger partial charge on any atom is 0.315 e. The second-order valence-corrected chi connectivity index (χ2v) is 7.28. The van der Waals surface area contributed by atoms with Crippen molar-refractivity contribution in [1.82, 2.24) is 0 Å². The van der Waals surface area contributed by atoms with Crippen LogP contribution in [0.25, 0.3) is 5.76 Å². The van der Waals surface area contributed by atoms with Crippen molar-refractivity contribution < 1.29 is 9.53 Å². The molecule has 3 aliphatic rings. The van der Waals surface area contributed by atoms with E-state index in [1.807, 2.05) is 18.2 Å². The van der Waals surface area contributed by atoms with Crippen LogP contribution in [0.15, 0.2) is 35.9 Å². The predicted octanol–water partition coefficient (Wildman–Crippen LogP) is 4.66. The van der Waals surface area contributed by atoms with Gasteiger partial charge in [0.2, 0.25) is 0 Å². The quantitative estimate of drug-likeness (QED) is 0.758.